The molecule has 0 fully saturated rings. The van der Waals surface area contributed by atoms with Gasteiger partial charge in [-0.1, -0.05) is 29.8 Å². The molecule has 2 rings (SSSR count). The third-order valence-electron chi connectivity index (χ3n) is 3.87. The molecule has 2 N–H and O–H groups in total. The largest absolute Gasteiger partial charge is 0.493 e. The van der Waals surface area contributed by atoms with Crippen molar-refractivity contribution in [3.8, 4) is 11.5 Å². The number of hydrogen-bond acceptors (Lipinski definition) is 4. The van der Waals surface area contributed by atoms with Gasteiger partial charge in [-0.15, -0.1) is 0 Å². The molecule has 0 spiro atoms. The van der Waals surface area contributed by atoms with E-state index in [1.165, 1.54) is 0 Å². The fourth-order valence-corrected chi connectivity index (χ4v) is 2.90. The van der Waals surface area contributed by atoms with Gasteiger partial charge in [-0.25, -0.2) is 0 Å². The fraction of sp³-hybridized carbons (Fsp3) is 0.316. The van der Waals surface area contributed by atoms with Crippen LogP contribution in [0.1, 0.15) is 24.1 Å². The maximum Gasteiger partial charge on any atom is 0.325 e. The van der Waals surface area contributed by atoms with Crippen molar-refractivity contribution in [2.24, 2.45) is 0 Å². The monoisotopic (exact) mass is 363 g/mol. The molecule has 0 saturated carbocycles. The number of carboxylic acids is 1. The molecule has 2 aromatic carbocycles. The van der Waals surface area contributed by atoms with E-state index in [4.69, 9.17) is 21.1 Å². The average Bonchev–Trinajstić information content (AvgIpc) is 2.59. The van der Waals surface area contributed by atoms with Gasteiger partial charge in [0.05, 0.1) is 14.2 Å². The van der Waals surface area contributed by atoms with Gasteiger partial charge in [0.25, 0.3) is 0 Å². The van der Waals surface area contributed by atoms with Crippen LogP contribution in [-0.2, 0) is 11.2 Å². The van der Waals surface area contributed by atoms with E-state index in [2.05, 4.69) is 5.32 Å². The lowest BCUT2D eigenvalue weighted by atomic mass is 10.0. The first-order valence-corrected chi connectivity index (χ1v) is 8.27. The molecule has 0 aromatic heterocycles. The maximum atomic E-state index is 11.6. The van der Waals surface area contributed by atoms with Crippen LogP contribution in [0.15, 0.2) is 42.5 Å². The van der Waals surface area contributed by atoms with E-state index in [-0.39, 0.29) is 6.04 Å². The highest BCUT2D eigenvalue weighted by Crippen LogP contribution is 2.28. The first-order chi connectivity index (χ1) is 11.9. The van der Waals surface area contributed by atoms with Gasteiger partial charge < -0.3 is 14.6 Å². The molecule has 0 heterocycles. The highest BCUT2D eigenvalue weighted by molar-refractivity contribution is 6.30. The minimum atomic E-state index is -0.943. The molecule has 0 aliphatic heterocycles. The third-order valence-corrected chi connectivity index (χ3v) is 4.11. The van der Waals surface area contributed by atoms with E-state index >= 15 is 0 Å². The normalized spacial score (nSPS) is 13.1. The second-order valence-electron chi connectivity index (χ2n) is 5.79. The Labute approximate surface area is 152 Å². The molecule has 0 aliphatic carbocycles. The van der Waals surface area contributed by atoms with Crippen LogP contribution >= 0.6 is 11.6 Å². The number of hydrogen-bond donors (Lipinski definition) is 2. The second kappa shape index (κ2) is 8.74. The van der Waals surface area contributed by atoms with Crippen LogP contribution in [0.5, 0.6) is 11.5 Å². The SMILES string of the molecule is COc1ccc(CC(C)NC(C(=O)O)c2cccc(Cl)c2)cc1OC. The third kappa shape index (κ3) is 5.11. The van der Waals surface area contributed by atoms with Crippen LogP contribution < -0.4 is 14.8 Å². The molecule has 2 aromatic rings. The van der Waals surface area contributed by atoms with Crippen molar-refractivity contribution in [3.05, 3.63) is 58.6 Å². The molecule has 0 saturated heterocycles. The Morgan fingerprint density at radius 1 is 1.16 bits per heavy atom. The Balaban J connectivity index is 2.11. The standard InChI is InChI=1S/C19H22ClNO4/c1-12(9-13-7-8-16(24-2)17(10-13)25-3)21-18(19(22)23)14-5-4-6-15(20)11-14/h4-8,10-12,18,21H,9H2,1-3H3,(H,22,23). The molecule has 25 heavy (non-hydrogen) atoms. The van der Waals surface area contributed by atoms with Crippen LogP contribution in [0, 0.1) is 0 Å². The number of carboxylic acid groups (broad SMARTS) is 1. The Bertz CT molecular complexity index is 735. The fourth-order valence-electron chi connectivity index (χ4n) is 2.70. The average molecular weight is 364 g/mol. The topological polar surface area (TPSA) is 67.8 Å². The molecule has 0 amide bonds. The van der Waals surface area contributed by atoms with Crippen molar-refractivity contribution in [1.29, 1.82) is 0 Å². The molecular weight excluding hydrogens is 342 g/mol. The summed E-state index contributed by atoms with van der Waals surface area (Å²) in [6.45, 7) is 1.94. The molecule has 2 unspecified atom stereocenters. The van der Waals surface area contributed by atoms with Crippen molar-refractivity contribution >= 4 is 17.6 Å². The van der Waals surface area contributed by atoms with Crippen LogP contribution in [0.25, 0.3) is 0 Å². The van der Waals surface area contributed by atoms with Crippen LogP contribution in [0.2, 0.25) is 5.02 Å². The van der Waals surface area contributed by atoms with E-state index in [0.29, 0.717) is 28.5 Å². The van der Waals surface area contributed by atoms with Gasteiger partial charge in [0.1, 0.15) is 6.04 Å². The first kappa shape index (κ1) is 19.1. The predicted octanol–water partition coefficient (Wildman–Crippen LogP) is 3.70. The first-order valence-electron chi connectivity index (χ1n) is 7.89. The summed E-state index contributed by atoms with van der Waals surface area (Å²) in [5.74, 6) is 0.368. The van der Waals surface area contributed by atoms with Gasteiger partial charge in [-0.05, 0) is 48.7 Å². The van der Waals surface area contributed by atoms with E-state index in [9.17, 15) is 9.90 Å². The zero-order valence-electron chi connectivity index (χ0n) is 14.5. The minimum Gasteiger partial charge on any atom is -0.493 e. The number of aliphatic carboxylic acids is 1. The van der Waals surface area contributed by atoms with E-state index in [0.717, 1.165) is 5.56 Å². The quantitative estimate of drug-likeness (QED) is 0.748. The lowest BCUT2D eigenvalue weighted by Gasteiger charge is -2.21. The molecule has 0 aliphatic rings. The van der Waals surface area contributed by atoms with Gasteiger partial charge in [-0.3, -0.25) is 10.1 Å². The summed E-state index contributed by atoms with van der Waals surface area (Å²) in [4.78, 5) is 11.6. The van der Waals surface area contributed by atoms with Gasteiger partial charge in [0, 0.05) is 11.1 Å². The van der Waals surface area contributed by atoms with Crippen molar-refractivity contribution in [3.63, 3.8) is 0 Å². The van der Waals surface area contributed by atoms with Crippen molar-refractivity contribution in [1.82, 2.24) is 5.32 Å². The predicted molar refractivity (Wildman–Crippen MR) is 97.7 cm³/mol. The molecule has 5 nitrogen and oxygen atoms in total. The summed E-state index contributed by atoms with van der Waals surface area (Å²) in [5, 5.41) is 13.2. The molecule has 0 radical (unpaired) electrons. The molecule has 2 atom stereocenters. The maximum absolute atomic E-state index is 11.6. The smallest absolute Gasteiger partial charge is 0.325 e. The summed E-state index contributed by atoms with van der Waals surface area (Å²) in [7, 11) is 3.17. The molecule has 134 valence electrons. The van der Waals surface area contributed by atoms with E-state index < -0.39 is 12.0 Å². The van der Waals surface area contributed by atoms with Gasteiger partial charge in [0.2, 0.25) is 0 Å². The summed E-state index contributed by atoms with van der Waals surface area (Å²) in [6.07, 6.45) is 0.644. The minimum absolute atomic E-state index is 0.0711. The summed E-state index contributed by atoms with van der Waals surface area (Å²) in [6, 6.07) is 11.7. The van der Waals surface area contributed by atoms with Gasteiger partial charge >= 0.3 is 5.97 Å². The van der Waals surface area contributed by atoms with Gasteiger partial charge in [0.15, 0.2) is 11.5 Å². The van der Waals surface area contributed by atoms with Crippen molar-refractivity contribution in [2.45, 2.75) is 25.4 Å². The lowest BCUT2D eigenvalue weighted by molar-refractivity contribution is -0.139. The number of halogens is 1. The van der Waals surface area contributed by atoms with Crippen LogP contribution in [0.4, 0.5) is 0 Å². The number of methoxy groups -OCH3 is 2. The summed E-state index contributed by atoms with van der Waals surface area (Å²) < 4.78 is 10.5. The summed E-state index contributed by atoms with van der Waals surface area (Å²) >= 11 is 5.98. The Morgan fingerprint density at radius 3 is 2.48 bits per heavy atom. The van der Waals surface area contributed by atoms with Crippen LogP contribution in [-0.4, -0.2) is 31.3 Å². The van der Waals surface area contributed by atoms with Crippen molar-refractivity contribution < 1.29 is 19.4 Å². The molecule has 6 heteroatoms. The lowest BCUT2D eigenvalue weighted by Crippen LogP contribution is -2.36. The number of rotatable bonds is 8. The van der Waals surface area contributed by atoms with E-state index in [1.807, 2.05) is 25.1 Å². The molecular formula is C19H22ClNO4. The van der Waals surface area contributed by atoms with E-state index in [1.54, 1.807) is 38.5 Å². The van der Waals surface area contributed by atoms with Crippen LogP contribution in [0.3, 0.4) is 0 Å². The number of nitrogens with one attached hydrogen (secondary N) is 1. The Morgan fingerprint density at radius 2 is 1.88 bits per heavy atom. The zero-order valence-corrected chi connectivity index (χ0v) is 15.2. The highest BCUT2D eigenvalue weighted by Gasteiger charge is 2.22. The zero-order chi connectivity index (χ0) is 18.4. The number of carbonyl (C=O) groups is 1. The molecule has 0 bridgehead atoms. The second-order valence-corrected chi connectivity index (χ2v) is 6.22. The summed E-state index contributed by atoms with van der Waals surface area (Å²) in [5.41, 5.74) is 1.65. The highest BCUT2D eigenvalue weighted by atomic mass is 35.5. The Hall–Kier alpha value is -2.24. The van der Waals surface area contributed by atoms with Gasteiger partial charge in [-0.2, -0.15) is 0 Å². The van der Waals surface area contributed by atoms with Crippen molar-refractivity contribution in [2.75, 3.05) is 14.2 Å². The number of ether oxygens (including phenoxy) is 2. The number of benzene rings is 2. The Kier molecular flexibility index (Phi) is 6.67.